The quantitative estimate of drug-likeness (QED) is 0.815. The molecular formula is C13H14BrNO3. The second-order valence-electron chi connectivity index (χ2n) is 3.76. The number of rotatable bonds is 4. The number of esters is 1. The SMILES string of the molecule is CCOC(=O)Cn1ccc2c(Br)ccc(OC)c21. The number of carbonyl (C=O) groups excluding carboxylic acids is 1. The van der Waals surface area contributed by atoms with Crippen LogP contribution in [0.3, 0.4) is 0 Å². The molecule has 1 aromatic heterocycles. The summed E-state index contributed by atoms with van der Waals surface area (Å²) in [5.74, 6) is 0.486. The first-order chi connectivity index (χ1) is 8.67. The zero-order valence-electron chi connectivity index (χ0n) is 10.3. The molecule has 1 heterocycles. The van der Waals surface area contributed by atoms with Crippen LogP contribution in [0, 0.1) is 0 Å². The number of halogens is 1. The average Bonchev–Trinajstić information content (AvgIpc) is 2.75. The van der Waals surface area contributed by atoms with Crippen LogP contribution in [0.4, 0.5) is 0 Å². The fourth-order valence-electron chi connectivity index (χ4n) is 1.90. The highest BCUT2D eigenvalue weighted by atomic mass is 79.9. The Morgan fingerprint density at radius 3 is 2.83 bits per heavy atom. The first-order valence-corrected chi connectivity index (χ1v) is 6.43. The molecule has 0 bridgehead atoms. The molecule has 18 heavy (non-hydrogen) atoms. The Balaban J connectivity index is 2.45. The molecule has 96 valence electrons. The number of hydrogen-bond donors (Lipinski definition) is 0. The minimum atomic E-state index is -0.253. The number of ether oxygens (including phenoxy) is 2. The van der Waals surface area contributed by atoms with Gasteiger partial charge in [0.15, 0.2) is 0 Å². The van der Waals surface area contributed by atoms with E-state index >= 15 is 0 Å². The van der Waals surface area contributed by atoms with Crippen LogP contribution in [-0.4, -0.2) is 24.3 Å². The number of carbonyl (C=O) groups is 1. The van der Waals surface area contributed by atoms with Gasteiger partial charge < -0.3 is 14.0 Å². The summed E-state index contributed by atoms with van der Waals surface area (Å²) in [6.07, 6.45) is 1.86. The molecule has 0 unspecified atom stereocenters. The summed E-state index contributed by atoms with van der Waals surface area (Å²) in [6, 6.07) is 5.74. The van der Waals surface area contributed by atoms with Gasteiger partial charge in [-0.2, -0.15) is 0 Å². The number of benzene rings is 1. The molecule has 0 atom stereocenters. The van der Waals surface area contributed by atoms with E-state index in [0.29, 0.717) is 6.61 Å². The van der Waals surface area contributed by atoms with Crippen LogP contribution < -0.4 is 4.74 Å². The zero-order chi connectivity index (χ0) is 13.1. The van der Waals surface area contributed by atoms with E-state index in [0.717, 1.165) is 21.1 Å². The zero-order valence-corrected chi connectivity index (χ0v) is 11.9. The minimum Gasteiger partial charge on any atom is -0.495 e. The number of fused-ring (bicyclic) bond motifs is 1. The van der Waals surface area contributed by atoms with Gasteiger partial charge in [-0.3, -0.25) is 4.79 Å². The molecular weight excluding hydrogens is 298 g/mol. The Morgan fingerprint density at radius 2 is 2.17 bits per heavy atom. The van der Waals surface area contributed by atoms with E-state index in [1.54, 1.807) is 14.0 Å². The van der Waals surface area contributed by atoms with Gasteiger partial charge in [-0.25, -0.2) is 0 Å². The lowest BCUT2D eigenvalue weighted by Crippen LogP contribution is -2.12. The van der Waals surface area contributed by atoms with E-state index < -0.39 is 0 Å². The number of nitrogens with zero attached hydrogens (tertiary/aromatic N) is 1. The Kier molecular flexibility index (Phi) is 3.91. The van der Waals surface area contributed by atoms with Gasteiger partial charge in [-0.15, -0.1) is 0 Å². The summed E-state index contributed by atoms with van der Waals surface area (Å²) >= 11 is 3.49. The third-order valence-electron chi connectivity index (χ3n) is 2.66. The van der Waals surface area contributed by atoms with Gasteiger partial charge in [0.2, 0.25) is 0 Å². The highest BCUT2D eigenvalue weighted by Gasteiger charge is 2.12. The number of methoxy groups -OCH3 is 1. The summed E-state index contributed by atoms with van der Waals surface area (Å²) in [5.41, 5.74) is 0.889. The van der Waals surface area contributed by atoms with Crippen molar-refractivity contribution in [2.75, 3.05) is 13.7 Å². The van der Waals surface area contributed by atoms with Gasteiger partial charge >= 0.3 is 5.97 Å². The molecule has 1 aromatic carbocycles. The van der Waals surface area contributed by atoms with E-state index in [2.05, 4.69) is 15.9 Å². The van der Waals surface area contributed by atoms with Crippen LogP contribution in [-0.2, 0) is 16.1 Å². The largest absolute Gasteiger partial charge is 0.495 e. The normalized spacial score (nSPS) is 10.6. The Bertz CT molecular complexity index is 577. The molecule has 0 spiro atoms. The summed E-state index contributed by atoms with van der Waals surface area (Å²) in [4.78, 5) is 11.5. The molecule has 0 aliphatic rings. The lowest BCUT2D eigenvalue weighted by Gasteiger charge is -2.09. The van der Waals surface area contributed by atoms with E-state index in [1.807, 2.05) is 29.0 Å². The van der Waals surface area contributed by atoms with Crippen LogP contribution in [0.1, 0.15) is 6.92 Å². The molecule has 0 aliphatic heterocycles. The number of hydrogen-bond acceptors (Lipinski definition) is 3. The predicted molar refractivity (Wildman–Crippen MR) is 72.8 cm³/mol. The van der Waals surface area contributed by atoms with E-state index in [-0.39, 0.29) is 12.5 Å². The van der Waals surface area contributed by atoms with Crippen molar-refractivity contribution in [2.45, 2.75) is 13.5 Å². The molecule has 0 aliphatic carbocycles. The molecule has 0 amide bonds. The van der Waals surface area contributed by atoms with Crippen LogP contribution in [0.25, 0.3) is 10.9 Å². The standard InChI is InChI=1S/C13H14BrNO3/c1-3-18-12(16)8-15-7-6-9-10(14)4-5-11(17-2)13(9)15/h4-7H,3,8H2,1-2H3. The summed E-state index contributed by atoms with van der Waals surface area (Å²) in [6.45, 7) is 2.37. The highest BCUT2D eigenvalue weighted by molar-refractivity contribution is 9.10. The van der Waals surface area contributed by atoms with Crippen molar-refractivity contribution >= 4 is 32.8 Å². The van der Waals surface area contributed by atoms with Crippen molar-refractivity contribution in [1.29, 1.82) is 0 Å². The lowest BCUT2D eigenvalue weighted by atomic mass is 10.2. The Labute approximate surface area is 114 Å². The van der Waals surface area contributed by atoms with Crippen molar-refractivity contribution in [2.24, 2.45) is 0 Å². The van der Waals surface area contributed by atoms with Gasteiger partial charge in [0.25, 0.3) is 0 Å². The van der Waals surface area contributed by atoms with Crippen molar-refractivity contribution in [1.82, 2.24) is 4.57 Å². The van der Waals surface area contributed by atoms with Crippen molar-refractivity contribution < 1.29 is 14.3 Å². The van der Waals surface area contributed by atoms with Crippen molar-refractivity contribution in [3.63, 3.8) is 0 Å². The maximum atomic E-state index is 11.5. The second-order valence-corrected chi connectivity index (χ2v) is 4.61. The Morgan fingerprint density at radius 1 is 1.39 bits per heavy atom. The van der Waals surface area contributed by atoms with Crippen LogP contribution in [0.5, 0.6) is 5.75 Å². The topological polar surface area (TPSA) is 40.5 Å². The highest BCUT2D eigenvalue weighted by Crippen LogP contribution is 2.32. The molecule has 2 aromatic rings. The van der Waals surface area contributed by atoms with Gasteiger partial charge in [-0.05, 0) is 25.1 Å². The van der Waals surface area contributed by atoms with Gasteiger partial charge in [0.05, 0.1) is 19.2 Å². The van der Waals surface area contributed by atoms with Crippen molar-refractivity contribution in [3.8, 4) is 5.75 Å². The predicted octanol–water partition coefficient (Wildman–Crippen LogP) is 2.98. The average molecular weight is 312 g/mol. The third-order valence-corrected chi connectivity index (χ3v) is 3.35. The molecule has 2 rings (SSSR count). The molecule has 0 radical (unpaired) electrons. The van der Waals surface area contributed by atoms with Crippen molar-refractivity contribution in [3.05, 3.63) is 28.9 Å². The smallest absolute Gasteiger partial charge is 0.325 e. The summed E-state index contributed by atoms with van der Waals surface area (Å²) < 4.78 is 13.1. The third kappa shape index (κ3) is 2.36. The lowest BCUT2D eigenvalue weighted by molar-refractivity contribution is -0.143. The number of aromatic nitrogens is 1. The molecule has 5 heteroatoms. The van der Waals surface area contributed by atoms with Crippen LogP contribution >= 0.6 is 15.9 Å². The molecule has 0 fully saturated rings. The maximum Gasteiger partial charge on any atom is 0.325 e. The van der Waals surface area contributed by atoms with E-state index in [9.17, 15) is 4.79 Å². The summed E-state index contributed by atoms with van der Waals surface area (Å²) in [7, 11) is 1.62. The molecule has 4 nitrogen and oxygen atoms in total. The second kappa shape index (κ2) is 5.44. The van der Waals surface area contributed by atoms with E-state index in [1.165, 1.54) is 0 Å². The molecule has 0 N–H and O–H groups in total. The van der Waals surface area contributed by atoms with E-state index in [4.69, 9.17) is 9.47 Å². The van der Waals surface area contributed by atoms with Crippen LogP contribution in [0.15, 0.2) is 28.9 Å². The first-order valence-electron chi connectivity index (χ1n) is 5.64. The molecule has 0 saturated heterocycles. The fraction of sp³-hybridized carbons (Fsp3) is 0.308. The van der Waals surface area contributed by atoms with Gasteiger partial charge in [-0.1, -0.05) is 15.9 Å². The summed E-state index contributed by atoms with van der Waals surface area (Å²) in [5, 5.41) is 1.01. The minimum absolute atomic E-state index is 0.185. The molecule has 0 saturated carbocycles. The first kappa shape index (κ1) is 13.0. The maximum absolute atomic E-state index is 11.5. The Hall–Kier alpha value is -1.49. The fourth-order valence-corrected chi connectivity index (χ4v) is 2.35. The van der Waals surface area contributed by atoms with Crippen LogP contribution in [0.2, 0.25) is 0 Å². The monoisotopic (exact) mass is 311 g/mol. The van der Waals surface area contributed by atoms with Gasteiger partial charge in [0.1, 0.15) is 12.3 Å². The van der Waals surface area contributed by atoms with Gasteiger partial charge in [0, 0.05) is 16.1 Å².